The van der Waals surface area contributed by atoms with E-state index in [0.29, 0.717) is 37.7 Å². The van der Waals surface area contributed by atoms with Crippen molar-refractivity contribution in [3.8, 4) is 0 Å². The Morgan fingerprint density at radius 3 is 1.21 bits per heavy atom. The number of hydrogen-bond acceptors (Lipinski definition) is 4. The van der Waals surface area contributed by atoms with Crippen LogP contribution >= 0.6 is 20.4 Å². The molecule has 4 nitrogen and oxygen atoms in total. The zero-order valence-corrected chi connectivity index (χ0v) is 20.0. The van der Waals surface area contributed by atoms with Gasteiger partial charge in [0.15, 0.2) is 0 Å². The van der Waals surface area contributed by atoms with Crippen LogP contribution in [0.2, 0.25) is 0 Å². The summed E-state index contributed by atoms with van der Waals surface area (Å²) >= 11 is 0.569. The van der Waals surface area contributed by atoms with E-state index in [4.69, 9.17) is 39.8 Å². The van der Waals surface area contributed by atoms with Gasteiger partial charge in [0, 0.05) is 0 Å². The van der Waals surface area contributed by atoms with Crippen LogP contribution < -0.4 is 0 Å². The Hall–Kier alpha value is -1.55. The van der Waals surface area contributed by atoms with Gasteiger partial charge in [-0.05, 0) is 63.8 Å². The van der Waals surface area contributed by atoms with Gasteiger partial charge < -0.3 is 9.47 Å². The second-order valence-electron chi connectivity index (χ2n) is 7.07. The third kappa shape index (κ3) is 6.47. The molecule has 0 unspecified atom stereocenters. The molecule has 1 aliphatic rings. The molecule has 1 aliphatic heterocycles. The summed E-state index contributed by atoms with van der Waals surface area (Å²) in [6.45, 7) is 13.4. The van der Waals surface area contributed by atoms with Gasteiger partial charge in [0.05, 0.1) is 11.4 Å². The molecule has 29 heavy (non-hydrogen) atoms. The van der Waals surface area contributed by atoms with E-state index in [2.05, 4.69) is 65.8 Å². The fourth-order valence-corrected chi connectivity index (χ4v) is 3.46. The van der Waals surface area contributed by atoms with E-state index >= 15 is 0 Å². The van der Waals surface area contributed by atoms with Crippen LogP contribution in [0.25, 0.3) is 0 Å². The Labute approximate surface area is 187 Å². The maximum atomic E-state index is 5.80. The van der Waals surface area contributed by atoms with Crippen molar-refractivity contribution in [2.75, 3.05) is 13.2 Å². The molecular formula is C22H26Cl2N2NiO2. The Morgan fingerprint density at radius 2 is 0.931 bits per heavy atom. The van der Waals surface area contributed by atoms with Crippen molar-refractivity contribution in [2.45, 2.75) is 41.5 Å². The molecule has 0 aliphatic carbocycles. The van der Waals surface area contributed by atoms with Gasteiger partial charge in [-0.15, -0.1) is 0 Å². The van der Waals surface area contributed by atoms with Gasteiger partial charge >= 0.3 is 33.0 Å². The maximum absolute atomic E-state index is 5.80. The number of halogens is 2. The molecule has 0 spiro atoms. The molecular weight excluding hydrogens is 454 g/mol. The Balaban J connectivity index is 0.000000941. The van der Waals surface area contributed by atoms with Crippen LogP contribution in [-0.4, -0.2) is 25.0 Å². The van der Waals surface area contributed by atoms with Gasteiger partial charge in [0.25, 0.3) is 11.8 Å². The first-order valence-electron chi connectivity index (χ1n) is 9.18. The SMILES string of the molecule is Cc1cc(C)c(N=C2OCCOC2=Nc2c(C)cc(C)cc2C)c(C)c1.[Cl][Ni][Cl]. The van der Waals surface area contributed by atoms with Gasteiger partial charge in [0.1, 0.15) is 13.2 Å². The van der Waals surface area contributed by atoms with Gasteiger partial charge in [-0.1, -0.05) is 35.4 Å². The van der Waals surface area contributed by atoms with Gasteiger partial charge in [-0.2, -0.15) is 0 Å². The summed E-state index contributed by atoms with van der Waals surface area (Å²) in [6.07, 6.45) is 0. The van der Waals surface area contributed by atoms with E-state index in [-0.39, 0.29) is 0 Å². The molecule has 1 saturated heterocycles. The van der Waals surface area contributed by atoms with Crippen LogP contribution in [0.1, 0.15) is 33.4 Å². The van der Waals surface area contributed by atoms with Crippen LogP contribution in [0.4, 0.5) is 11.4 Å². The monoisotopic (exact) mass is 478 g/mol. The van der Waals surface area contributed by atoms with Crippen LogP contribution in [0.3, 0.4) is 0 Å². The van der Waals surface area contributed by atoms with Gasteiger partial charge in [-0.25, -0.2) is 9.98 Å². The number of rotatable bonds is 2. The molecule has 2 aromatic rings. The molecule has 0 N–H and O–H groups in total. The molecule has 1 fully saturated rings. The summed E-state index contributed by atoms with van der Waals surface area (Å²) in [6, 6.07) is 8.50. The number of ether oxygens (including phenoxy) is 2. The van der Waals surface area contributed by atoms with Crippen LogP contribution in [-0.2, 0) is 22.1 Å². The number of hydrogen-bond donors (Lipinski definition) is 0. The third-order valence-electron chi connectivity index (χ3n) is 4.44. The standard InChI is InChI=1S/C22H26N2O2.2ClH.Ni/c1-13-9-15(3)19(16(4)10-13)23-21-22(26-8-7-25-21)24-20-17(5)11-14(2)12-18(20)6;;;/h9-12H,7-8H2,1-6H3;2*1H;/q;;;+2/p-2. The quantitative estimate of drug-likeness (QED) is 0.448. The van der Waals surface area contributed by atoms with Crippen LogP contribution in [0.15, 0.2) is 34.3 Å². The minimum absolute atomic E-state index is 0.450. The predicted molar refractivity (Wildman–Crippen MR) is 119 cm³/mol. The molecule has 0 amide bonds. The first-order chi connectivity index (χ1) is 13.8. The summed E-state index contributed by atoms with van der Waals surface area (Å²) in [5.41, 5.74) is 8.76. The fourth-order valence-electron chi connectivity index (χ4n) is 3.46. The van der Waals surface area contributed by atoms with Crippen molar-refractivity contribution >= 4 is 43.6 Å². The molecule has 0 bridgehead atoms. The van der Waals surface area contributed by atoms with Gasteiger partial charge in [-0.3, -0.25) is 0 Å². The van der Waals surface area contributed by atoms with Crippen molar-refractivity contribution in [1.82, 2.24) is 0 Å². The minimum atomic E-state index is 0.450. The first kappa shape index (κ1) is 23.7. The van der Waals surface area contributed by atoms with E-state index in [0.717, 1.165) is 33.6 Å². The topological polar surface area (TPSA) is 43.2 Å². The first-order valence-corrected chi connectivity index (χ1v) is 11.9. The van der Waals surface area contributed by atoms with Crippen molar-refractivity contribution in [3.63, 3.8) is 0 Å². The third-order valence-corrected chi connectivity index (χ3v) is 4.44. The summed E-state index contributed by atoms with van der Waals surface area (Å²) in [7, 11) is 9.40. The van der Waals surface area contributed by atoms with E-state index in [1.165, 1.54) is 11.1 Å². The second kappa shape index (κ2) is 11.0. The van der Waals surface area contributed by atoms with Crippen molar-refractivity contribution in [1.29, 1.82) is 0 Å². The number of aliphatic imine (C=N–C) groups is 2. The number of nitrogens with zero attached hydrogens (tertiary/aromatic N) is 2. The average Bonchev–Trinajstić information content (AvgIpc) is 2.62. The molecule has 0 atom stereocenters. The van der Waals surface area contributed by atoms with Crippen molar-refractivity contribution in [3.05, 3.63) is 57.6 Å². The summed E-state index contributed by atoms with van der Waals surface area (Å²) in [4.78, 5) is 9.50. The molecule has 1 heterocycles. The van der Waals surface area contributed by atoms with Crippen LogP contribution in [0, 0.1) is 41.5 Å². The van der Waals surface area contributed by atoms with Crippen molar-refractivity contribution < 1.29 is 22.1 Å². The second-order valence-corrected chi connectivity index (χ2v) is 8.70. The molecule has 0 radical (unpaired) electrons. The van der Waals surface area contributed by atoms with Gasteiger partial charge in [0.2, 0.25) is 0 Å². The zero-order valence-electron chi connectivity index (χ0n) is 17.5. The predicted octanol–water partition coefficient (Wildman–Crippen LogP) is 6.72. The Bertz CT molecular complexity index is 821. The number of benzene rings is 2. The van der Waals surface area contributed by atoms with E-state index in [1.54, 1.807) is 0 Å². The normalized spacial score (nSPS) is 16.3. The molecule has 0 aromatic heterocycles. The fraction of sp³-hybridized carbons (Fsp3) is 0.364. The molecule has 160 valence electrons. The van der Waals surface area contributed by atoms with E-state index in [9.17, 15) is 0 Å². The van der Waals surface area contributed by atoms with E-state index in [1.807, 2.05) is 0 Å². The van der Waals surface area contributed by atoms with E-state index < -0.39 is 0 Å². The zero-order chi connectivity index (χ0) is 21.6. The molecule has 2 aromatic carbocycles. The summed E-state index contributed by atoms with van der Waals surface area (Å²) in [5, 5.41) is 0. The molecule has 0 saturated carbocycles. The Morgan fingerprint density at radius 1 is 0.655 bits per heavy atom. The number of aryl methyl sites for hydroxylation is 6. The summed E-state index contributed by atoms with van der Waals surface area (Å²) < 4.78 is 11.6. The van der Waals surface area contributed by atoms with Crippen molar-refractivity contribution in [2.24, 2.45) is 9.98 Å². The molecule has 3 rings (SSSR count). The van der Waals surface area contributed by atoms with Crippen LogP contribution in [0.5, 0.6) is 0 Å². The Kier molecular flexibility index (Phi) is 9.01. The summed E-state index contributed by atoms with van der Waals surface area (Å²) in [5.74, 6) is 0.899. The molecule has 7 heteroatoms. The average molecular weight is 480 g/mol.